The molecule has 106 valence electrons. The van der Waals surface area contributed by atoms with Gasteiger partial charge in [0, 0.05) is 31.5 Å². The monoisotopic (exact) mass is 283 g/mol. The van der Waals surface area contributed by atoms with E-state index < -0.39 is 10.0 Å². The van der Waals surface area contributed by atoms with Crippen molar-refractivity contribution in [2.75, 3.05) is 18.8 Å². The van der Waals surface area contributed by atoms with Crippen molar-refractivity contribution in [3.05, 3.63) is 30.1 Å². The van der Waals surface area contributed by atoms with Crippen LogP contribution in [0.25, 0.3) is 0 Å². The third-order valence-corrected chi connectivity index (χ3v) is 5.56. The van der Waals surface area contributed by atoms with Crippen molar-refractivity contribution in [2.24, 2.45) is 11.7 Å². The summed E-state index contributed by atoms with van der Waals surface area (Å²) in [5.41, 5.74) is 6.84. The quantitative estimate of drug-likeness (QED) is 0.859. The third kappa shape index (κ3) is 3.75. The van der Waals surface area contributed by atoms with Crippen molar-refractivity contribution in [3.8, 4) is 0 Å². The Morgan fingerprint density at radius 3 is 2.74 bits per heavy atom. The first-order chi connectivity index (χ1) is 8.99. The smallest absolute Gasteiger partial charge is 0.214 e. The number of aromatic nitrogens is 1. The molecule has 1 aliphatic rings. The Hall–Kier alpha value is -0.980. The van der Waals surface area contributed by atoms with Crippen LogP contribution >= 0.6 is 0 Å². The number of aryl methyl sites for hydroxylation is 1. The lowest BCUT2D eigenvalue weighted by Gasteiger charge is -2.18. The first-order valence-corrected chi connectivity index (χ1v) is 8.22. The van der Waals surface area contributed by atoms with Gasteiger partial charge in [-0.15, -0.1) is 0 Å². The highest BCUT2D eigenvalue weighted by atomic mass is 32.2. The van der Waals surface area contributed by atoms with Gasteiger partial charge in [-0.3, -0.25) is 4.98 Å². The molecule has 2 unspecified atom stereocenters. The van der Waals surface area contributed by atoms with Gasteiger partial charge >= 0.3 is 0 Å². The highest BCUT2D eigenvalue weighted by Crippen LogP contribution is 2.22. The molecule has 2 N–H and O–H groups in total. The molecule has 0 aromatic carbocycles. The van der Waals surface area contributed by atoms with Crippen LogP contribution in [0.4, 0.5) is 0 Å². The van der Waals surface area contributed by atoms with Gasteiger partial charge < -0.3 is 5.73 Å². The first kappa shape index (κ1) is 14.4. The van der Waals surface area contributed by atoms with E-state index in [0.29, 0.717) is 19.5 Å². The summed E-state index contributed by atoms with van der Waals surface area (Å²) in [5, 5.41) is 0. The Kier molecular flexibility index (Phi) is 4.54. The summed E-state index contributed by atoms with van der Waals surface area (Å²) in [6.07, 6.45) is 4.77. The van der Waals surface area contributed by atoms with E-state index in [0.717, 1.165) is 12.0 Å². The Morgan fingerprint density at radius 2 is 2.16 bits per heavy atom. The number of rotatable bonds is 5. The zero-order valence-electron chi connectivity index (χ0n) is 11.2. The summed E-state index contributed by atoms with van der Waals surface area (Å²) in [4.78, 5) is 3.92. The Bertz CT molecular complexity index is 502. The molecule has 2 heterocycles. The predicted molar refractivity (Wildman–Crippen MR) is 75.1 cm³/mol. The number of hydrogen-bond donors (Lipinski definition) is 1. The average molecular weight is 283 g/mol. The van der Waals surface area contributed by atoms with E-state index in [-0.39, 0.29) is 17.7 Å². The second-order valence-electron chi connectivity index (χ2n) is 5.19. The van der Waals surface area contributed by atoms with Crippen molar-refractivity contribution in [1.82, 2.24) is 9.29 Å². The minimum Gasteiger partial charge on any atom is -0.328 e. The van der Waals surface area contributed by atoms with Crippen molar-refractivity contribution < 1.29 is 8.42 Å². The van der Waals surface area contributed by atoms with E-state index >= 15 is 0 Å². The molecule has 0 spiro atoms. The molecular weight excluding hydrogens is 262 g/mol. The molecule has 1 aliphatic heterocycles. The Balaban J connectivity index is 1.93. The van der Waals surface area contributed by atoms with Crippen LogP contribution in [-0.4, -0.2) is 42.6 Å². The van der Waals surface area contributed by atoms with Gasteiger partial charge in [0.15, 0.2) is 0 Å². The minimum absolute atomic E-state index is 0.0559. The number of sulfonamides is 1. The molecule has 1 fully saturated rings. The van der Waals surface area contributed by atoms with Gasteiger partial charge in [0.2, 0.25) is 10.0 Å². The lowest BCUT2D eigenvalue weighted by Crippen LogP contribution is -2.34. The lowest BCUT2D eigenvalue weighted by molar-refractivity contribution is 0.429. The molecule has 5 nitrogen and oxygen atoms in total. The van der Waals surface area contributed by atoms with Gasteiger partial charge in [0.05, 0.1) is 5.75 Å². The van der Waals surface area contributed by atoms with E-state index in [1.54, 1.807) is 16.7 Å². The first-order valence-electron chi connectivity index (χ1n) is 6.61. The molecule has 1 aromatic heterocycles. The fourth-order valence-corrected chi connectivity index (χ4v) is 3.92. The molecule has 0 bridgehead atoms. The summed E-state index contributed by atoms with van der Waals surface area (Å²) in [6, 6.07) is 3.76. The largest absolute Gasteiger partial charge is 0.328 e. The summed E-state index contributed by atoms with van der Waals surface area (Å²) >= 11 is 0. The van der Waals surface area contributed by atoms with Crippen molar-refractivity contribution >= 4 is 10.0 Å². The van der Waals surface area contributed by atoms with Crippen LogP contribution in [0.1, 0.15) is 18.9 Å². The standard InChI is InChI=1S/C13H21N3O2S/c1-11(14)13-4-8-16(10-13)19(17,18)9-5-12-2-6-15-7-3-12/h2-3,6-7,11,13H,4-5,8-10,14H2,1H3. The SMILES string of the molecule is CC(N)C1CCN(S(=O)(=O)CCc2ccncc2)C1. The summed E-state index contributed by atoms with van der Waals surface area (Å²) in [7, 11) is -3.17. The van der Waals surface area contributed by atoms with Gasteiger partial charge in [0.25, 0.3) is 0 Å². The number of nitrogens with two attached hydrogens (primary N) is 1. The molecule has 1 aromatic rings. The van der Waals surface area contributed by atoms with Gasteiger partial charge in [0.1, 0.15) is 0 Å². The summed E-state index contributed by atoms with van der Waals surface area (Å²) < 4.78 is 26.1. The van der Waals surface area contributed by atoms with Crippen molar-refractivity contribution in [1.29, 1.82) is 0 Å². The van der Waals surface area contributed by atoms with Crippen LogP contribution < -0.4 is 5.73 Å². The predicted octanol–water partition coefficient (Wildman–Crippen LogP) is 0.623. The molecule has 0 saturated carbocycles. The van der Waals surface area contributed by atoms with Crippen molar-refractivity contribution in [3.63, 3.8) is 0 Å². The van der Waals surface area contributed by atoms with E-state index in [1.807, 2.05) is 19.1 Å². The second kappa shape index (κ2) is 5.98. The number of hydrogen-bond acceptors (Lipinski definition) is 4. The highest BCUT2D eigenvalue weighted by Gasteiger charge is 2.32. The summed E-state index contributed by atoms with van der Waals surface area (Å²) in [5.74, 6) is 0.443. The zero-order chi connectivity index (χ0) is 13.9. The van der Waals surface area contributed by atoms with Crippen LogP contribution in [-0.2, 0) is 16.4 Å². The maximum absolute atomic E-state index is 12.2. The second-order valence-corrected chi connectivity index (χ2v) is 7.28. The highest BCUT2D eigenvalue weighted by molar-refractivity contribution is 7.89. The van der Waals surface area contributed by atoms with Gasteiger partial charge in [-0.2, -0.15) is 0 Å². The minimum atomic E-state index is -3.17. The average Bonchev–Trinajstić information content (AvgIpc) is 2.88. The maximum atomic E-state index is 12.2. The van der Waals surface area contributed by atoms with Gasteiger partial charge in [-0.05, 0) is 43.4 Å². The van der Waals surface area contributed by atoms with Crippen LogP contribution in [0, 0.1) is 5.92 Å². The van der Waals surface area contributed by atoms with Crippen LogP contribution in [0.2, 0.25) is 0 Å². The number of nitrogens with zero attached hydrogens (tertiary/aromatic N) is 2. The molecule has 0 radical (unpaired) electrons. The van der Waals surface area contributed by atoms with E-state index in [2.05, 4.69) is 4.98 Å². The normalized spacial score (nSPS) is 22.5. The molecule has 1 saturated heterocycles. The molecule has 2 atom stereocenters. The third-order valence-electron chi connectivity index (χ3n) is 3.72. The van der Waals surface area contributed by atoms with Gasteiger partial charge in [-0.25, -0.2) is 12.7 Å². The van der Waals surface area contributed by atoms with Crippen LogP contribution in [0.15, 0.2) is 24.5 Å². The van der Waals surface area contributed by atoms with Gasteiger partial charge in [-0.1, -0.05) is 0 Å². The van der Waals surface area contributed by atoms with E-state index in [4.69, 9.17) is 5.73 Å². The van der Waals surface area contributed by atoms with E-state index in [1.165, 1.54) is 0 Å². The molecule has 2 rings (SSSR count). The molecular formula is C13H21N3O2S. The molecule has 6 heteroatoms. The maximum Gasteiger partial charge on any atom is 0.214 e. The topological polar surface area (TPSA) is 76.3 Å². The molecule has 19 heavy (non-hydrogen) atoms. The fourth-order valence-electron chi connectivity index (χ4n) is 2.36. The van der Waals surface area contributed by atoms with Crippen molar-refractivity contribution in [2.45, 2.75) is 25.8 Å². The van der Waals surface area contributed by atoms with Crippen LogP contribution in [0.5, 0.6) is 0 Å². The lowest BCUT2D eigenvalue weighted by atomic mass is 10.0. The molecule has 0 aliphatic carbocycles. The summed E-state index contributed by atoms with van der Waals surface area (Å²) in [6.45, 7) is 3.11. The Labute approximate surface area is 114 Å². The zero-order valence-corrected chi connectivity index (χ0v) is 12.0. The Morgan fingerprint density at radius 1 is 1.47 bits per heavy atom. The molecule has 0 amide bonds. The fraction of sp³-hybridized carbons (Fsp3) is 0.615. The van der Waals surface area contributed by atoms with Crippen LogP contribution in [0.3, 0.4) is 0 Å². The van der Waals surface area contributed by atoms with E-state index in [9.17, 15) is 8.42 Å². The number of pyridine rings is 1.